The summed E-state index contributed by atoms with van der Waals surface area (Å²) in [6.45, 7) is 5.91. The molecule has 24 heavy (non-hydrogen) atoms. The van der Waals surface area contributed by atoms with Crippen LogP contribution in [0.25, 0.3) is 0 Å². The molecule has 0 saturated heterocycles. The van der Waals surface area contributed by atoms with Gasteiger partial charge in [-0.1, -0.05) is 17.7 Å². The second-order valence-electron chi connectivity index (χ2n) is 6.29. The van der Waals surface area contributed by atoms with E-state index >= 15 is 0 Å². The summed E-state index contributed by atoms with van der Waals surface area (Å²) in [4.78, 5) is 18.8. The van der Waals surface area contributed by atoms with Gasteiger partial charge >= 0.3 is 0 Å². The third kappa shape index (κ3) is 5.35. The fourth-order valence-electron chi connectivity index (χ4n) is 2.39. The van der Waals surface area contributed by atoms with Crippen LogP contribution in [0.1, 0.15) is 27.9 Å². The number of carbonyl (C=O) groups excluding carboxylic acids is 1. The van der Waals surface area contributed by atoms with Crippen LogP contribution >= 0.6 is 0 Å². The third-order valence-corrected chi connectivity index (χ3v) is 3.74. The lowest BCUT2D eigenvalue weighted by Crippen LogP contribution is -2.17. The molecule has 1 amide bonds. The predicted octanol–water partition coefficient (Wildman–Crippen LogP) is 3.31. The predicted molar refractivity (Wildman–Crippen MR) is 99.8 cm³/mol. The van der Waals surface area contributed by atoms with E-state index in [1.54, 1.807) is 12.3 Å². The first-order valence-corrected chi connectivity index (χ1v) is 8.19. The normalized spacial score (nSPS) is 10.7. The van der Waals surface area contributed by atoms with Crippen molar-refractivity contribution >= 4 is 17.4 Å². The summed E-state index contributed by atoms with van der Waals surface area (Å²) in [5, 5.41) is 6.19. The monoisotopic (exact) mass is 326 g/mol. The number of anilines is 2. The molecular weight excluding hydrogens is 300 g/mol. The first-order valence-electron chi connectivity index (χ1n) is 8.19. The SMILES string of the molecule is Cc1ccc(NC(=O)c2ccc(NCCCN(C)C)nc2)c(C)c1. The Morgan fingerprint density at radius 2 is 1.96 bits per heavy atom. The van der Waals surface area contributed by atoms with E-state index in [0.29, 0.717) is 5.56 Å². The average molecular weight is 326 g/mol. The van der Waals surface area contributed by atoms with Crippen LogP contribution in [0.5, 0.6) is 0 Å². The number of carbonyl (C=O) groups is 1. The van der Waals surface area contributed by atoms with E-state index in [-0.39, 0.29) is 5.91 Å². The zero-order valence-corrected chi connectivity index (χ0v) is 14.9. The van der Waals surface area contributed by atoms with Crippen LogP contribution in [0.2, 0.25) is 0 Å². The van der Waals surface area contributed by atoms with E-state index in [1.165, 1.54) is 5.56 Å². The van der Waals surface area contributed by atoms with Gasteiger partial charge in [0, 0.05) is 18.4 Å². The number of aromatic nitrogens is 1. The van der Waals surface area contributed by atoms with Gasteiger partial charge in [-0.05, 0) is 64.7 Å². The quantitative estimate of drug-likeness (QED) is 0.767. The minimum atomic E-state index is -0.145. The zero-order valence-electron chi connectivity index (χ0n) is 14.9. The zero-order chi connectivity index (χ0) is 17.5. The molecule has 128 valence electrons. The topological polar surface area (TPSA) is 57.3 Å². The Labute approximate surface area is 144 Å². The molecule has 1 heterocycles. The van der Waals surface area contributed by atoms with Crippen molar-refractivity contribution < 1.29 is 4.79 Å². The van der Waals surface area contributed by atoms with E-state index in [4.69, 9.17) is 0 Å². The van der Waals surface area contributed by atoms with Gasteiger partial charge < -0.3 is 15.5 Å². The van der Waals surface area contributed by atoms with Gasteiger partial charge in [0.15, 0.2) is 0 Å². The summed E-state index contributed by atoms with van der Waals surface area (Å²) in [6, 6.07) is 9.60. The summed E-state index contributed by atoms with van der Waals surface area (Å²) in [6.07, 6.45) is 2.65. The molecule has 0 fully saturated rings. The number of pyridine rings is 1. The fourth-order valence-corrected chi connectivity index (χ4v) is 2.39. The van der Waals surface area contributed by atoms with E-state index < -0.39 is 0 Å². The number of hydrogen-bond donors (Lipinski definition) is 2. The summed E-state index contributed by atoms with van der Waals surface area (Å²) in [5.41, 5.74) is 3.61. The smallest absolute Gasteiger partial charge is 0.257 e. The molecule has 0 aliphatic heterocycles. The molecule has 0 bridgehead atoms. The Morgan fingerprint density at radius 3 is 2.58 bits per heavy atom. The molecule has 0 unspecified atom stereocenters. The number of rotatable bonds is 7. The Hall–Kier alpha value is -2.40. The molecule has 0 spiro atoms. The maximum atomic E-state index is 12.3. The lowest BCUT2D eigenvalue weighted by atomic mass is 10.1. The lowest BCUT2D eigenvalue weighted by molar-refractivity contribution is 0.102. The Balaban J connectivity index is 1.91. The van der Waals surface area contributed by atoms with E-state index in [1.807, 2.05) is 32.0 Å². The summed E-state index contributed by atoms with van der Waals surface area (Å²) >= 11 is 0. The molecule has 2 aromatic rings. The molecule has 1 aromatic heterocycles. The van der Waals surface area contributed by atoms with Crippen LogP contribution < -0.4 is 10.6 Å². The highest BCUT2D eigenvalue weighted by Crippen LogP contribution is 2.17. The number of nitrogens with zero attached hydrogens (tertiary/aromatic N) is 2. The van der Waals surface area contributed by atoms with Crippen LogP contribution in [-0.2, 0) is 0 Å². The number of aryl methyl sites for hydroxylation is 2. The molecule has 0 aliphatic carbocycles. The van der Waals surface area contributed by atoms with Gasteiger partial charge in [0.05, 0.1) is 5.56 Å². The van der Waals surface area contributed by atoms with Crippen molar-refractivity contribution in [1.29, 1.82) is 0 Å². The molecule has 1 aromatic carbocycles. The average Bonchev–Trinajstić information content (AvgIpc) is 2.54. The maximum Gasteiger partial charge on any atom is 0.257 e. The molecule has 2 N–H and O–H groups in total. The van der Waals surface area contributed by atoms with Gasteiger partial charge in [-0.3, -0.25) is 4.79 Å². The van der Waals surface area contributed by atoms with Gasteiger partial charge in [-0.15, -0.1) is 0 Å². The molecule has 0 saturated carbocycles. The van der Waals surface area contributed by atoms with Crippen molar-refractivity contribution in [2.24, 2.45) is 0 Å². The standard InChI is InChI=1S/C19H26N4O/c1-14-6-8-17(15(2)12-14)22-19(24)16-7-9-18(21-13-16)20-10-5-11-23(3)4/h6-9,12-13H,5,10-11H2,1-4H3,(H,20,21)(H,22,24). The number of hydrogen-bond acceptors (Lipinski definition) is 4. The molecule has 0 atom stereocenters. The van der Waals surface area contributed by atoms with Crippen LogP contribution in [-0.4, -0.2) is 43.0 Å². The van der Waals surface area contributed by atoms with Gasteiger partial charge in [-0.2, -0.15) is 0 Å². The van der Waals surface area contributed by atoms with Gasteiger partial charge in [-0.25, -0.2) is 4.98 Å². The Kier molecular flexibility index (Phi) is 6.32. The molecule has 5 heteroatoms. The van der Waals surface area contributed by atoms with Crippen molar-refractivity contribution in [3.05, 3.63) is 53.2 Å². The second kappa shape index (κ2) is 8.45. The highest BCUT2D eigenvalue weighted by Gasteiger charge is 2.08. The molecule has 2 rings (SSSR count). The highest BCUT2D eigenvalue weighted by atomic mass is 16.1. The first kappa shape index (κ1) is 17.9. The maximum absolute atomic E-state index is 12.3. The van der Waals surface area contributed by atoms with E-state index in [0.717, 1.165) is 36.6 Å². The van der Waals surface area contributed by atoms with Crippen molar-refractivity contribution in [3.63, 3.8) is 0 Å². The second-order valence-corrected chi connectivity index (χ2v) is 6.29. The van der Waals surface area contributed by atoms with Crippen LogP contribution in [0, 0.1) is 13.8 Å². The summed E-state index contributed by atoms with van der Waals surface area (Å²) in [7, 11) is 4.11. The van der Waals surface area contributed by atoms with Crippen molar-refractivity contribution in [2.75, 3.05) is 37.8 Å². The Bertz CT molecular complexity index is 680. The summed E-state index contributed by atoms with van der Waals surface area (Å²) < 4.78 is 0. The molecular formula is C19H26N4O. The molecule has 0 aliphatic rings. The largest absolute Gasteiger partial charge is 0.370 e. The molecule has 5 nitrogen and oxygen atoms in total. The third-order valence-electron chi connectivity index (χ3n) is 3.74. The first-order chi connectivity index (χ1) is 11.5. The van der Waals surface area contributed by atoms with Gasteiger partial charge in [0.1, 0.15) is 5.82 Å². The van der Waals surface area contributed by atoms with E-state index in [2.05, 4.69) is 40.7 Å². The number of nitrogens with one attached hydrogen (secondary N) is 2. The molecule has 0 radical (unpaired) electrons. The van der Waals surface area contributed by atoms with Crippen LogP contribution in [0.3, 0.4) is 0 Å². The minimum Gasteiger partial charge on any atom is -0.370 e. The van der Waals surface area contributed by atoms with Gasteiger partial charge in [0.2, 0.25) is 0 Å². The van der Waals surface area contributed by atoms with Crippen molar-refractivity contribution in [3.8, 4) is 0 Å². The summed E-state index contributed by atoms with van der Waals surface area (Å²) in [5.74, 6) is 0.644. The lowest BCUT2D eigenvalue weighted by Gasteiger charge is -2.11. The minimum absolute atomic E-state index is 0.145. The van der Waals surface area contributed by atoms with Crippen LogP contribution in [0.15, 0.2) is 36.5 Å². The number of benzene rings is 1. The van der Waals surface area contributed by atoms with Crippen molar-refractivity contribution in [2.45, 2.75) is 20.3 Å². The number of amides is 1. The fraction of sp³-hybridized carbons (Fsp3) is 0.368. The van der Waals surface area contributed by atoms with Gasteiger partial charge in [0.25, 0.3) is 5.91 Å². The van der Waals surface area contributed by atoms with E-state index in [9.17, 15) is 4.79 Å². The van der Waals surface area contributed by atoms with Crippen molar-refractivity contribution in [1.82, 2.24) is 9.88 Å². The van der Waals surface area contributed by atoms with Crippen LogP contribution in [0.4, 0.5) is 11.5 Å². The highest BCUT2D eigenvalue weighted by molar-refractivity contribution is 6.04. The Morgan fingerprint density at radius 1 is 1.17 bits per heavy atom.